The van der Waals surface area contributed by atoms with E-state index in [9.17, 15) is 5.11 Å². The van der Waals surface area contributed by atoms with E-state index < -0.39 is 5.60 Å². The van der Waals surface area contributed by atoms with Crippen LogP contribution >= 0.6 is 0 Å². The van der Waals surface area contributed by atoms with E-state index in [0.717, 1.165) is 38.0 Å². The second-order valence-electron chi connectivity index (χ2n) is 4.72. The quantitative estimate of drug-likeness (QED) is 0.800. The second kappa shape index (κ2) is 3.32. The highest BCUT2D eigenvalue weighted by molar-refractivity contribution is 5.33. The molecule has 1 aliphatic carbocycles. The van der Waals surface area contributed by atoms with Gasteiger partial charge in [0, 0.05) is 12.5 Å². The van der Waals surface area contributed by atoms with Gasteiger partial charge in [0.25, 0.3) is 0 Å². The third-order valence-corrected chi connectivity index (χ3v) is 3.55. The van der Waals surface area contributed by atoms with Gasteiger partial charge in [0.15, 0.2) is 0 Å². The van der Waals surface area contributed by atoms with Crippen molar-refractivity contribution in [1.29, 1.82) is 0 Å². The summed E-state index contributed by atoms with van der Waals surface area (Å²) in [5.74, 6) is 0.535. The lowest BCUT2D eigenvalue weighted by atomic mass is 9.95. The maximum absolute atomic E-state index is 10.0. The summed E-state index contributed by atoms with van der Waals surface area (Å²) in [5.41, 5.74) is 1.91. The minimum Gasteiger partial charge on any atom is -0.385 e. The molecule has 0 aromatic heterocycles. The lowest BCUT2D eigenvalue weighted by molar-refractivity contribution is 0.151. The maximum Gasteiger partial charge on any atom is 0.0899 e. The Morgan fingerprint density at radius 2 is 2.20 bits per heavy atom. The first kappa shape index (κ1) is 9.37. The van der Waals surface area contributed by atoms with Crippen molar-refractivity contribution in [3.63, 3.8) is 0 Å². The molecule has 0 spiro atoms. The van der Waals surface area contributed by atoms with Gasteiger partial charge in [-0.1, -0.05) is 24.3 Å². The van der Waals surface area contributed by atoms with Gasteiger partial charge >= 0.3 is 0 Å². The second-order valence-corrected chi connectivity index (χ2v) is 4.72. The highest BCUT2D eigenvalue weighted by Gasteiger charge is 2.42. The fourth-order valence-electron chi connectivity index (χ4n) is 2.29. The third kappa shape index (κ3) is 1.68. The Balaban J connectivity index is 1.89. The minimum absolute atomic E-state index is 0.504. The van der Waals surface area contributed by atoms with Gasteiger partial charge in [0.05, 0.1) is 12.2 Å². The molecule has 2 fully saturated rings. The molecule has 2 heteroatoms. The topological polar surface area (TPSA) is 29.5 Å². The van der Waals surface area contributed by atoms with E-state index in [4.69, 9.17) is 4.74 Å². The molecule has 1 aliphatic heterocycles. The number of ether oxygens (including phenoxy) is 1. The van der Waals surface area contributed by atoms with Gasteiger partial charge in [-0.2, -0.15) is 0 Å². The zero-order valence-electron chi connectivity index (χ0n) is 8.78. The number of hydrogen-bond donors (Lipinski definition) is 1. The van der Waals surface area contributed by atoms with Crippen molar-refractivity contribution in [2.24, 2.45) is 0 Å². The van der Waals surface area contributed by atoms with Gasteiger partial charge in [-0.3, -0.25) is 0 Å². The summed E-state index contributed by atoms with van der Waals surface area (Å²) in [6, 6.07) is 8.40. The number of benzene rings is 1. The van der Waals surface area contributed by atoms with Crippen molar-refractivity contribution >= 4 is 0 Å². The summed E-state index contributed by atoms with van der Waals surface area (Å²) in [7, 11) is 0. The van der Waals surface area contributed by atoms with Gasteiger partial charge in [-0.25, -0.2) is 0 Å². The molecule has 15 heavy (non-hydrogen) atoms. The molecule has 2 nitrogen and oxygen atoms in total. The molecule has 1 saturated carbocycles. The van der Waals surface area contributed by atoms with E-state index in [0.29, 0.717) is 5.92 Å². The maximum atomic E-state index is 10.0. The van der Waals surface area contributed by atoms with Crippen LogP contribution in [0.3, 0.4) is 0 Å². The van der Waals surface area contributed by atoms with E-state index in [1.807, 2.05) is 6.07 Å². The van der Waals surface area contributed by atoms with Gasteiger partial charge in [0.1, 0.15) is 0 Å². The van der Waals surface area contributed by atoms with Gasteiger partial charge < -0.3 is 9.84 Å². The molecule has 1 heterocycles. The van der Waals surface area contributed by atoms with E-state index in [-0.39, 0.29) is 0 Å². The molecule has 0 bridgehead atoms. The number of aliphatic hydroxyl groups is 1. The first-order chi connectivity index (χ1) is 7.28. The predicted molar refractivity (Wildman–Crippen MR) is 57.7 cm³/mol. The number of hydrogen-bond acceptors (Lipinski definition) is 2. The molecule has 0 radical (unpaired) electrons. The van der Waals surface area contributed by atoms with Gasteiger partial charge in [0.2, 0.25) is 0 Å². The minimum atomic E-state index is -0.504. The van der Waals surface area contributed by atoms with Crippen molar-refractivity contribution in [3.8, 4) is 0 Å². The van der Waals surface area contributed by atoms with Crippen molar-refractivity contribution in [1.82, 2.24) is 0 Å². The van der Waals surface area contributed by atoms with Crippen LogP contribution in [0.2, 0.25) is 0 Å². The molecular formula is C13H16O2. The highest BCUT2D eigenvalue weighted by Crippen LogP contribution is 2.45. The van der Waals surface area contributed by atoms with Crippen LogP contribution in [0.5, 0.6) is 0 Å². The summed E-state index contributed by atoms with van der Waals surface area (Å²) in [6.45, 7) is 1.71. The lowest BCUT2D eigenvalue weighted by Crippen LogP contribution is -2.06. The molecule has 1 atom stereocenters. The average Bonchev–Trinajstić information content (AvgIpc) is 2.84. The van der Waals surface area contributed by atoms with Crippen molar-refractivity contribution in [3.05, 3.63) is 35.4 Å². The van der Waals surface area contributed by atoms with Crippen LogP contribution in [-0.4, -0.2) is 18.3 Å². The van der Waals surface area contributed by atoms with Gasteiger partial charge in [-0.15, -0.1) is 0 Å². The largest absolute Gasteiger partial charge is 0.385 e. The summed E-state index contributed by atoms with van der Waals surface area (Å²) in [4.78, 5) is 0. The summed E-state index contributed by atoms with van der Waals surface area (Å²) in [6.07, 6.45) is 2.94. The Hall–Kier alpha value is -0.860. The van der Waals surface area contributed by atoms with Crippen LogP contribution < -0.4 is 0 Å². The molecular weight excluding hydrogens is 188 g/mol. The summed E-state index contributed by atoms with van der Waals surface area (Å²) >= 11 is 0. The normalized spacial score (nSPS) is 27.9. The van der Waals surface area contributed by atoms with Gasteiger partial charge in [-0.05, 0) is 30.4 Å². The Kier molecular flexibility index (Phi) is 2.08. The van der Waals surface area contributed by atoms with E-state index in [1.165, 1.54) is 5.56 Å². The van der Waals surface area contributed by atoms with E-state index >= 15 is 0 Å². The van der Waals surface area contributed by atoms with Crippen LogP contribution in [0.15, 0.2) is 24.3 Å². The summed E-state index contributed by atoms with van der Waals surface area (Å²) in [5, 5.41) is 10.0. The van der Waals surface area contributed by atoms with Crippen LogP contribution in [0, 0.1) is 0 Å². The van der Waals surface area contributed by atoms with Crippen molar-refractivity contribution < 1.29 is 9.84 Å². The van der Waals surface area contributed by atoms with Crippen LogP contribution in [0.1, 0.15) is 36.3 Å². The molecule has 1 saturated heterocycles. The monoisotopic (exact) mass is 204 g/mol. The van der Waals surface area contributed by atoms with E-state index in [1.54, 1.807) is 0 Å². The fraction of sp³-hybridized carbons (Fsp3) is 0.538. The third-order valence-electron chi connectivity index (χ3n) is 3.55. The molecule has 1 unspecified atom stereocenters. The molecule has 2 aliphatic rings. The molecule has 80 valence electrons. The fourth-order valence-corrected chi connectivity index (χ4v) is 2.29. The zero-order valence-corrected chi connectivity index (χ0v) is 8.78. The van der Waals surface area contributed by atoms with Crippen molar-refractivity contribution in [2.45, 2.75) is 30.8 Å². The first-order valence-corrected chi connectivity index (χ1v) is 5.68. The first-order valence-electron chi connectivity index (χ1n) is 5.68. The standard InChI is InChI=1S/C13H16O2/c14-13(5-6-13)12-3-1-2-10(8-12)11-4-7-15-9-11/h1-3,8,11,14H,4-7,9H2. The van der Waals surface area contributed by atoms with Crippen LogP contribution in [-0.2, 0) is 10.3 Å². The molecule has 1 aromatic carbocycles. The number of rotatable bonds is 2. The molecule has 1 N–H and O–H groups in total. The summed E-state index contributed by atoms with van der Waals surface area (Å²) < 4.78 is 5.39. The molecule has 0 amide bonds. The molecule has 3 rings (SSSR count). The van der Waals surface area contributed by atoms with Crippen LogP contribution in [0.25, 0.3) is 0 Å². The lowest BCUT2D eigenvalue weighted by Gasteiger charge is -2.13. The average molecular weight is 204 g/mol. The van der Waals surface area contributed by atoms with E-state index in [2.05, 4.69) is 18.2 Å². The highest BCUT2D eigenvalue weighted by atomic mass is 16.5. The Labute approximate surface area is 89.9 Å². The zero-order chi connectivity index (χ0) is 10.3. The van der Waals surface area contributed by atoms with Crippen molar-refractivity contribution in [2.75, 3.05) is 13.2 Å². The Morgan fingerprint density at radius 3 is 2.87 bits per heavy atom. The SMILES string of the molecule is OC1(c2cccc(C3CCOC3)c2)CC1. The Morgan fingerprint density at radius 1 is 1.33 bits per heavy atom. The smallest absolute Gasteiger partial charge is 0.0899 e. The predicted octanol–water partition coefficient (Wildman–Crippen LogP) is 2.17. The Bertz CT molecular complexity index is 363. The van der Waals surface area contributed by atoms with Crippen LogP contribution in [0.4, 0.5) is 0 Å². The molecule has 1 aromatic rings.